The highest BCUT2D eigenvalue weighted by Crippen LogP contribution is 2.31. The van der Waals surface area contributed by atoms with Gasteiger partial charge in [-0.25, -0.2) is 4.98 Å². The van der Waals surface area contributed by atoms with E-state index in [1.807, 2.05) is 29.6 Å². The summed E-state index contributed by atoms with van der Waals surface area (Å²) in [6.45, 7) is 1.19. The first kappa shape index (κ1) is 15.0. The van der Waals surface area contributed by atoms with E-state index in [4.69, 9.17) is 15.2 Å². The van der Waals surface area contributed by atoms with Crippen LogP contribution in [0, 0.1) is 0 Å². The first-order valence-corrected chi connectivity index (χ1v) is 8.15. The number of thiazole rings is 1. The summed E-state index contributed by atoms with van der Waals surface area (Å²) in [6.07, 6.45) is 2.45. The van der Waals surface area contributed by atoms with Gasteiger partial charge in [0.25, 0.3) is 0 Å². The Kier molecular flexibility index (Phi) is 4.70. The van der Waals surface area contributed by atoms with E-state index in [0.717, 1.165) is 35.7 Å². The Labute approximate surface area is 133 Å². The number of carbonyl (C=O) groups is 1. The third-order valence-electron chi connectivity index (χ3n) is 3.49. The summed E-state index contributed by atoms with van der Waals surface area (Å²) in [4.78, 5) is 15.7. The molecule has 1 aliphatic heterocycles. The molecular formula is C16H18N2O3S. The highest BCUT2D eigenvalue weighted by Gasteiger charge is 2.21. The van der Waals surface area contributed by atoms with Crippen LogP contribution in [0.25, 0.3) is 0 Å². The SMILES string of the molecule is NC(=O)Cc1ccccc1OCc1csc([C@H]2CCCO2)n1. The Morgan fingerprint density at radius 2 is 2.32 bits per heavy atom. The number of aromatic nitrogens is 1. The van der Waals surface area contributed by atoms with E-state index < -0.39 is 0 Å². The number of benzene rings is 1. The van der Waals surface area contributed by atoms with Gasteiger partial charge in [0, 0.05) is 17.6 Å². The molecule has 1 saturated heterocycles. The summed E-state index contributed by atoms with van der Waals surface area (Å²) in [5.41, 5.74) is 6.93. The third kappa shape index (κ3) is 3.64. The van der Waals surface area contributed by atoms with Crippen LogP contribution >= 0.6 is 11.3 Å². The van der Waals surface area contributed by atoms with Crippen molar-refractivity contribution in [2.75, 3.05) is 6.61 Å². The molecule has 6 heteroatoms. The second-order valence-electron chi connectivity index (χ2n) is 5.22. The third-order valence-corrected chi connectivity index (χ3v) is 4.47. The lowest BCUT2D eigenvalue weighted by atomic mass is 10.1. The second-order valence-corrected chi connectivity index (χ2v) is 6.11. The molecule has 1 aliphatic rings. The molecule has 1 amide bonds. The maximum atomic E-state index is 11.1. The minimum Gasteiger partial charge on any atom is -0.487 e. The predicted octanol–water partition coefficient (Wildman–Crippen LogP) is 2.60. The first-order valence-electron chi connectivity index (χ1n) is 7.27. The van der Waals surface area contributed by atoms with Gasteiger partial charge in [-0.05, 0) is 18.9 Å². The smallest absolute Gasteiger partial charge is 0.221 e. The molecule has 0 radical (unpaired) electrons. The molecule has 1 fully saturated rings. The maximum Gasteiger partial charge on any atom is 0.221 e. The molecule has 0 bridgehead atoms. The molecule has 0 spiro atoms. The summed E-state index contributed by atoms with van der Waals surface area (Å²) in [5.74, 6) is 0.304. The molecule has 5 nitrogen and oxygen atoms in total. The maximum absolute atomic E-state index is 11.1. The highest BCUT2D eigenvalue weighted by atomic mass is 32.1. The number of nitrogens with zero attached hydrogens (tertiary/aromatic N) is 1. The molecule has 2 N–H and O–H groups in total. The van der Waals surface area contributed by atoms with Crippen molar-refractivity contribution >= 4 is 17.2 Å². The average Bonchev–Trinajstić information content (AvgIpc) is 3.17. The summed E-state index contributed by atoms with van der Waals surface area (Å²) < 4.78 is 11.4. The number of primary amides is 1. The van der Waals surface area contributed by atoms with Gasteiger partial charge in [0.15, 0.2) is 0 Å². The molecule has 0 unspecified atom stereocenters. The number of carbonyl (C=O) groups excluding carboxylic acids is 1. The van der Waals surface area contributed by atoms with Gasteiger partial charge in [-0.3, -0.25) is 4.79 Å². The molecule has 22 heavy (non-hydrogen) atoms. The van der Waals surface area contributed by atoms with Gasteiger partial charge in [0.2, 0.25) is 5.91 Å². The van der Waals surface area contributed by atoms with Gasteiger partial charge in [0.05, 0.1) is 12.1 Å². The van der Waals surface area contributed by atoms with Crippen LogP contribution in [0.4, 0.5) is 0 Å². The molecule has 1 aromatic heterocycles. The van der Waals surface area contributed by atoms with Crippen LogP contribution in [0.5, 0.6) is 5.75 Å². The van der Waals surface area contributed by atoms with Crippen LogP contribution < -0.4 is 10.5 Å². The Balaban J connectivity index is 1.64. The Hall–Kier alpha value is -1.92. The zero-order valence-electron chi connectivity index (χ0n) is 12.2. The molecule has 2 heterocycles. The fourth-order valence-electron chi connectivity index (χ4n) is 2.44. The van der Waals surface area contributed by atoms with Gasteiger partial charge in [-0.1, -0.05) is 18.2 Å². The highest BCUT2D eigenvalue weighted by molar-refractivity contribution is 7.09. The average molecular weight is 318 g/mol. The molecule has 0 aliphatic carbocycles. The monoisotopic (exact) mass is 318 g/mol. The van der Waals surface area contributed by atoms with Crippen LogP contribution in [0.1, 0.15) is 35.2 Å². The van der Waals surface area contributed by atoms with Crippen LogP contribution in [0.2, 0.25) is 0 Å². The number of rotatable bonds is 6. The zero-order chi connectivity index (χ0) is 15.4. The Morgan fingerprint density at radius 1 is 1.45 bits per heavy atom. The molecule has 1 aromatic carbocycles. The van der Waals surface area contributed by atoms with E-state index in [2.05, 4.69) is 4.98 Å². The lowest BCUT2D eigenvalue weighted by molar-refractivity contribution is -0.117. The van der Waals surface area contributed by atoms with Crippen LogP contribution in [0.15, 0.2) is 29.6 Å². The lowest BCUT2D eigenvalue weighted by Crippen LogP contribution is -2.14. The summed E-state index contributed by atoms with van der Waals surface area (Å²) >= 11 is 1.61. The fourth-order valence-corrected chi connectivity index (χ4v) is 3.32. The summed E-state index contributed by atoms with van der Waals surface area (Å²) in [6, 6.07) is 7.42. The van der Waals surface area contributed by atoms with Crippen molar-refractivity contribution < 1.29 is 14.3 Å². The van der Waals surface area contributed by atoms with Gasteiger partial charge in [0.1, 0.15) is 23.5 Å². The van der Waals surface area contributed by atoms with E-state index in [-0.39, 0.29) is 18.4 Å². The van der Waals surface area contributed by atoms with E-state index >= 15 is 0 Å². The molecule has 3 rings (SSSR count). The predicted molar refractivity (Wildman–Crippen MR) is 83.7 cm³/mol. The van der Waals surface area contributed by atoms with E-state index in [9.17, 15) is 4.79 Å². The van der Waals surface area contributed by atoms with Crippen LogP contribution in [-0.4, -0.2) is 17.5 Å². The quantitative estimate of drug-likeness (QED) is 0.888. The molecule has 1 atom stereocenters. The molecule has 0 saturated carbocycles. The minimum atomic E-state index is -0.370. The van der Waals surface area contributed by atoms with Crippen molar-refractivity contribution in [2.45, 2.75) is 32.0 Å². The van der Waals surface area contributed by atoms with Crippen molar-refractivity contribution in [1.82, 2.24) is 4.98 Å². The summed E-state index contributed by atoms with van der Waals surface area (Å²) in [5, 5.41) is 3.01. The number of nitrogens with two attached hydrogens (primary N) is 1. The summed E-state index contributed by atoms with van der Waals surface area (Å²) in [7, 11) is 0. The van der Waals surface area contributed by atoms with Crippen LogP contribution in [-0.2, 0) is 22.6 Å². The first-order chi connectivity index (χ1) is 10.7. The second kappa shape index (κ2) is 6.89. The standard InChI is InChI=1S/C16H18N2O3S/c17-15(19)8-11-4-1-2-5-13(11)21-9-12-10-22-16(18-12)14-6-3-7-20-14/h1-2,4-5,10,14H,3,6-9H2,(H2,17,19)/t14-/m1/s1. The number of amides is 1. The van der Waals surface area contributed by atoms with E-state index in [1.165, 1.54) is 0 Å². The van der Waals surface area contributed by atoms with E-state index in [1.54, 1.807) is 11.3 Å². The largest absolute Gasteiger partial charge is 0.487 e. The Bertz CT molecular complexity index is 650. The van der Waals surface area contributed by atoms with Crippen molar-refractivity contribution in [2.24, 2.45) is 5.73 Å². The molecular weight excluding hydrogens is 300 g/mol. The fraction of sp³-hybridized carbons (Fsp3) is 0.375. The van der Waals surface area contributed by atoms with Crippen molar-refractivity contribution in [3.63, 3.8) is 0 Å². The van der Waals surface area contributed by atoms with Gasteiger partial charge >= 0.3 is 0 Å². The van der Waals surface area contributed by atoms with Crippen molar-refractivity contribution in [1.29, 1.82) is 0 Å². The Morgan fingerprint density at radius 3 is 3.09 bits per heavy atom. The van der Waals surface area contributed by atoms with Crippen LogP contribution in [0.3, 0.4) is 0 Å². The number of hydrogen-bond donors (Lipinski definition) is 1. The van der Waals surface area contributed by atoms with Gasteiger partial charge in [-0.15, -0.1) is 11.3 Å². The lowest BCUT2D eigenvalue weighted by Gasteiger charge is -2.09. The van der Waals surface area contributed by atoms with Gasteiger partial charge < -0.3 is 15.2 Å². The van der Waals surface area contributed by atoms with Gasteiger partial charge in [-0.2, -0.15) is 0 Å². The molecule has 116 valence electrons. The van der Waals surface area contributed by atoms with Crippen molar-refractivity contribution in [3.05, 3.63) is 45.9 Å². The minimum absolute atomic E-state index is 0.140. The topological polar surface area (TPSA) is 74.4 Å². The van der Waals surface area contributed by atoms with Crippen molar-refractivity contribution in [3.8, 4) is 5.75 Å². The number of para-hydroxylation sites is 1. The molecule has 2 aromatic rings. The normalized spacial score (nSPS) is 17.5. The van der Waals surface area contributed by atoms with E-state index in [0.29, 0.717) is 12.4 Å². The zero-order valence-corrected chi connectivity index (χ0v) is 13.0. The number of hydrogen-bond acceptors (Lipinski definition) is 5. The number of ether oxygens (including phenoxy) is 2.